The van der Waals surface area contributed by atoms with Crippen LogP contribution in [0.2, 0.25) is 0 Å². The molecular formula is C38H42N6O5S. The van der Waals surface area contributed by atoms with E-state index in [9.17, 15) is 18.3 Å². The number of sulfonamides is 1. The number of methoxy groups -OCH3 is 1. The summed E-state index contributed by atoms with van der Waals surface area (Å²) in [7, 11) is -2.47. The molecule has 2 heterocycles. The number of carbonyl (C=O) groups is 1. The van der Waals surface area contributed by atoms with Gasteiger partial charge in [-0.15, -0.1) is 0 Å². The number of aromatic nitrogens is 3. The lowest BCUT2D eigenvalue weighted by molar-refractivity contribution is 0.0776. The second-order valence-corrected chi connectivity index (χ2v) is 14.3. The largest absolute Gasteiger partial charge is 0.497 e. The van der Waals surface area contributed by atoms with Crippen LogP contribution in [0.4, 0.5) is 11.6 Å². The number of aliphatic hydroxyl groups excluding tert-OH is 1. The third-order valence-corrected chi connectivity index (χ3v) is 9.94. The molecule has 0 aliphatic carbocycles. The lowest BCUT2D eigenvalue weighted by Crippen LogP contribution is -2.51. The van der Waals surface area contributed by atoms with E-state index in [0.29, 0.717) is 28.6 Å². The third-order valence-electron chi connectivity index (χ3n) is 8.10. The molecular weight excluding hydrogens is 653 g/mol. The smallest absolute Gasteiger partial charge is 0.251 e. The SMILES string of the molecule is COc1ccc(S(=O)(=O)N(CC(C)C)C[C@@H](O)[C@H](Cc2ccccc2)NC(=O)c2ccc(C)c(Nc3nccc(-c4cccnc4)n3)c2)cc1. The number of anilines is 2. The van der Waals surface area contributed by atoms with Crippen molar-refractivity contribution in [1.82, 2.24) is 24.6 Å². The van der Waals surface area contributed by atoms with Crippen LogP contribution in [0.1, 0.15) is 35.3 Å². The van der Waals surface area contributed by atoms with Crippen LogP contribution in [-0.4, -0.2) is 71.0 Å². The quantitative estimate of drug-likeness (QED) is 0.127. The molecule has 0 unspecified atom stereocenters. The Morgan fingerprint density at radius 1 is 0.940 bits per heavy atom. The molecule has 0 radical (unpaired) electrons. The molecule has 2 atom stereocenters. The van der Waals surface area contributed by atoms with Gasteiger partial charge in [0.2, 0.25) is 16.0 Å². The molecule has 0 aliphatic heterocycles. The van der Waals surface area contributed by atoms with Crippen molar-refractivity contribution in [2.24, 2.45) is 5.92 Å². The Bertz CT molecular complexity index is 1980. The zero-order chi connectivity index (χ0) is 35.7. The van der Waals surface area contributed by atoms with E-state index in [1.807, 2.05) is 69.3 Å². The van der Waals surface area contributed by atoms with Gasteiger partial charge in [-0.25, -0.2) is 18.4 Å². The first-order valence-electron chi connectivity index (χ1n) is 16.3. The number of pyridine rings is 1. The molecule has 50 heavy (non-hydrogen) atoms. The first-order chi connectivity index (χ1) is 24.0. The number of benzene rings is 3. The number of carbonyl (C=O) groups excluding carboxylic acids is 1. The summed E-state index contributed by atoms with van der Waals surface area (Å²) in [6.07, 6.45) is 4.10. The fourth-order valence-corrected chi connectivity index (χ4v) is 7.05. The summed E-state index contributed by atoms with van der Waals surface area (Å²) in [6, 6.07) is 25.5. The number of aliphatic hydroxyl groups is 1. The molecule has 3 N–H and O–H groups in total. The fourth-order valence-electron chi connectivity index (χ4n) is 5.43. The first-order valence-corrected chi connectivity index (χ1v) is 17.8. The van der Waals surface area contributed by atoms with Gasteiger partial charge in [0.15, 0.2) is 0 Å². The van der Waals surface area contributed by atoms with Crippen LogP contribution in [0.15, 0.2) is 114 Å². The molecule has 5 aromatic rings. The molecule has 260 valence electrons. The van der Waals surface area contributed by atoms with Gasteiger partial charge < -0.3 is 20.5 Å². The summed E-state index contributed by atoms with van der Waals surface area (Å²) in [4.78, 5) is 27.0. The van der Waals surface area contributed by atoms with Crippen LogP contribution in [0, 0.1) is 12.8 Å². The van der Waals surface area contributed by atoms with Crippen LogP contribution >= 0.6 is 0 Å². The summed E-state index contributed by atoms with van der Waals surface area (Å²) in [6.45, 7) is 5.68. The Balaban J connectivity index is 1.38. The van der Waals surface area contributed by atoms with E-state index in [1.165, 1.54) is 23.5 Å². The maximum Gasteiger partial charge on any atom is 0.251 e. The van der Waals surface area contributed by atoms with Gasteiger partial charge in [0.05, 0.1) is 29.8 Å². The minimum atomic E-state index is -3.98. The van der Waals surface area contributed by atoms with Gasteiger partial charge in [0.1, 0.15) is 5.75 Å². The Labute approximate surface area is 293 Å². The number of aryl methyl sites for hydroxylation is 1. The zero-order valence-corrected chi connectivity index (χ0v) is 29.3. The molecule has 0 bridgehead atoms. The zero-order valence-electron chi connectivity index (χ0n) is 28.5. The van der Waals surface area contributed by atoms with Crippen molar-refractivity contribution < 1.29 is 23.1 Å². The van der Waals surface area contributed by atoms with Gasteiger partial charge in [-0.2, -0.15) is 4.31 Å². The molecule has 0 saturated heterocycles. The number of amides is 1. The van der Waals surface area contributed by atoms with Crippen LogP contribution < -0.4 is 15.4 Å². The molecule has 3 aromatic carbocycles. The molecule has 0 aliphatic rings. The summed E-state index contributed by atoms with van der Waals surface area (Å²) in [5, 5.41) is 17.9. The number of nitrogens with one attached hydrogen (secondary N) is 2. The Hall–Kier alpha value is -5.17. The van der Waals surface area contributed by atoms with Gasteiger partial charge in [-0.3, -0.25) is 9.78 Å². The summed E-state index contributed by atoms with van der Waals surface area (Å²) >= 11 is 0. The summed E-state index contributed by atoms with van der Waals surface area (Å²) < 4.78 is 34.1. The second-order valence-electron chi connectivity index (χ2n) is 12.4. The normalized spacial score (nSPS) is 12.8. The molecule has 11 nitrogen and oxygen atoms in total. The standard InChI is InChI=1S/C38H42N6O5S/c1-26(2)24-44(50(47,48)32-16-14-31(49-4)15-17-32)25-36(45)35(21-28-9-6-5-7-10-28)41-37(46)29-13-12-27(3)34(22-29)43-38-40-20-18-33(42-38)30-11-8-19-39-23-30/h5-20,22-23,26,35-36,45H,21,24-25H2,1-4H3,(H,41,46)(H,40,42,43)/t35-,36+/m0/s1. The van der Waals surface area contributed by atoms with E-state index >= 15 is 0 Å². The first kappa shape index (κ1) is 36.1. The molecule has 5 rings (SSSR count). The van der Waals surface area contributed by atoms with Crippen molar-refractivity contribution in [2.45, 2.75) is 44.2 Å². The van der Waals surface area contributed by atoms with Crippen molar-refractivity contribution in [1.29, 1.82) is 0 Å². The van der Waals surface area contributed by atoms with Crippen molar-refractivity contribution in [3.8, 4) is 17.0 Å². The molecule has 12 heteroatoms. The van der Waals surface area contributed by atoms with E-state index in [4.69, 9.17) is 4.74 Å². The highest BCUT2D eigenvalue weighted by molar-refractivity contribution is 7.89. The Morgan fingerprint density at radius 3 is 2.38 bits per heavy atom. The third kappa shape index (κ3) is 9.29. The number of ether oxygens (including phenoxy) is 1. The van der Waals surface area contributed by atoms with Crippen molar-refractivity contribution in [3.63, 3.8) is 0 Å². The monoisotopic (exact) mass is 694 g/mol. The molecule has 0 saturated carbocycles. The van der Waals surface area contributed by atoms with Crippen LogP contribution in [0.3, 0.4) is 0 Å². The van der Waals surface area contributed by atoms with Gasteiger partial charge in [-0.1, -0.05) is 50.2 Å². The van der Waals surface area contributed by atoms with Gasteiger partial charge >= 0.3 is 0 Å². The van der Waals surface area contributed by atoms with Gasteiger partial charge in [-0.05, 0) is 85.0 Å². The van der Waals surface area contributed by atoms with E-state index in [2.05, 4.69) is 25.6 Å². The Morgan fingerprint density at radius 2 is 1.70 bits per heavy atom. The second kappa shape index (κ2) is 16.5. The predicted molar refractivity (Wildman–Crippen MR) is 194 cm³/mol. The van der Waals surface area contributed by atoms with Crippen LogP contribution in [0.25, 0.3) is 11.3 Å². The van der Waals surface area contributed by atoms with Crippen LogP contribution in [-0.2, 0) is 16.4 Å². The van der Waals surface area contributed by atoms with Crippen LogP contribution in [0.5, 0.6) is 5.75 Å². The van der Waals surface area contributed by atoms with Crippen molar-refractivity contribution in [3.05, 3.63) is 126 Å². The lowest BCUT2D eigenvalue weighted by Gasteiger charge is -2.31. The minimum Gasteiger partial charge on any atom is -0.497 e. The van der Waals surface area contributed by atoms with E-state index in [-0.39, 0.29) is 30.3 Å². The predicted octanol–water partition coefficient (Wildman–Crippen LogP) is 5.65. The topological polar surface area (TPSA) is 147 Å². The molecule has 2 aromatic heterocycles. The minimum absolute atomic E-state index is 0.0232. The average Bonchev–Trinajstić information content (AvgIpc) is 3.12. The van der Waals surface area contributed by atoms with E-state index < -0.39 is 28.1 Å². The number of rotatable bonds is 15. The molecule has 0 fully saturated rings. The van der Waals surface area contributed by atoms with E-state index in [0.717, 1.165) is 16.7 Å². The fraction of sp³-hybridized carbons (Fsp3) is 0.263. The summed E-state index contributed by atoms with van der Waals surface area (Å²) in [5.41, 5.74) is 4.26. The van der Waals surface area contributed by atoms with Crippen molar-refractivity contribution >= 4 is 27.6 Å². The molecule has 1 amide bonds. The van der Waals surface area contributed by atoms with Gasteiger partial charge in [0.25, 0.3) is 5.91 Å². The lowest BCUT2D eigenvalue weighted by atomic mass is 10.00. The average molecular weight is 695 g/mol. The number of hydrogen-bond donors (Lipinski definition) is 3. The highest BCUT2D eigenvalue weighted by Crippen LogP contribution is 2.24. The van der Waals surface area contributed by atoms with E-state index in [1.54, 1.807) is 48.9 Å². The maximum absolute atomic E-state index is 13.8. The Kier molecular flexibility index (Phi) is 11.9. The number of nitrogens with zero attached hydrogens (tertiary/aromatic N) is 4. The van der Waals surface area contributed by atoms with Crippen molar-refractivity contribution in [2.75, 3.05) is 25.5 Å². The summed E-state index contributed by atoms with van der Waals surface area (Å²) in [5.74, 6) is 0.439. The van der Waals surface area contributed by atoms with Gasteiger partial charge in [0, 0.05) is 48.5 Å². The molecule has 0 spiro atoms. The maximum atomic E-state index is 13.8. The highest BCUT2D eigenvalue weighted by Gasteiger charge is 2.31. The highest BCUT2D eigenvalue weighted by atomic mass is 32.2. The number of hydrogen-bond acceptors (Lipinski definition) is 9.